The number of ketones is 1. The van der Waals surface area contributed by atoms with E-state index in [1.165, 1.54) is 24.3 Å². The number of Topliss-reactive ketones (excluding diaryl/α,β-unsaturated/α-hetero) is 1. The van der Waals surface area contributed by atoms with E-state index in [0.29, 0.717) is 10.6 Å². The van der Waals surface area contributed by atoms with E-state index in [-0.39, 0.29) is 11.3 Å². The van der Waals surface area contributed by atoms with Gasteiger partial charge in [-0.1, -0.05) is 30.7 Å². The average Bonchev–Trinajstić information content (AvgIpc) is 2.71. The van der Waals surface area contributed by atoms with Crippen LogP contribution in [-0.4, -0.2) is 31.9 Å². The molecule has 0 heterocycles. The van der Waals surface area contributed by atoms with Crippen molar-refractivity contribution in [1.29, 1.82) is 0 Å². The third kappa shape index (κ3) is 4.75. The molecule has 0 amide bonds. The summed E-state index contributed by atoms with van der Waals surface area (Å²) in [7, 11) is 2.31. The van der Waals surface area contributed by atoms with Gasteiger partial charge in [0.2, 0.25) is 0 Å². The summed E-state index contributed by atoms with van der Waals surface area (Å²) >= 11 is 5.94. The molecule has 28 heavy (non-hydrogen) atoms. The zero-order valence-electron chi connectivity index (χ0n) is 15.6. The molecule has 0 fully saturated rings. The molecule has 148 valence electrons. The van der Waals surface area contributed by atoms with Crippen LogP contribution in [0.1, 0.15) is 28.8 Å². The largest absolute Gasteiger partial charge is 0.468 e. The van der Waals surface area contributed by atoms with Crippen LogP contribution in [0.15, 0.2) is 48.5 Å². The molecule has 0 aliphatic carbocycles. The van der Waals surface area contributed by atoms with Gasteiger partial charge in [0.15, 0.2) is 11.7 Å². The van der Waals surface area contributed by atoms with E-state index in [4.69, 9.17) is 21.1 Å². The topological polar surface area (TPSA) is 69.7 Å². The van der Waals surface area contributed by atoms with Crippen LogP contribution in [0.25, 0.3) is 0 Å². The maximum absolute atomic E-state index is 13.2. The van der Waals surface area contributed by atoms with Gasteiger partial charge in [-0.05, 0) is 42.0 Å². The van der Waals surface area contributed by atoms with Crippen LogP contribution in [0.3, 0.4) is 0 Å². The standard InChI is InChI=1S/C21H20ClFO5/c1-12(19(24)14-6-10-16(23)11-7-14)17(13-4-8-15(22)9-5-13)18(20(25)27-2)21(26)28-3/h4-12,17-18H,1-3H3/t12-,17-/m0/s1. The van der Waals surface area contributed by atoms with E-state index in [9.17, 15) is 18.8 Å². The Labute approximate surface area is 167 Å². The number of benzene rings is 2. The normalized spacial score (nSPS) is 12.9. The van der Waals surface area contributed by atoms with E-state index >= 15 is 0 Å². The fraction of sp³-hybridized carbons (Fsp3) is 0.286. The second kappa shape index (κ2) is 9.46. The minimum Gasteiger partial charge on any atom is -0.468 e. The SMILES string of the molecule is COC(=O)C(C(=O)OC)[C@H](c1ccc(Cl)cc1)[C@H](C)C(=O)c1ccc(F)cc1. The first-order valence-electron chi connectivity index (χ1n) is 8.51. The fourth-order valence-electron chi connectivity index (χ4n) is 3.14. The molecule has 0 saturated heterocycles. The lowest BCUT2D eigenvalue weighted by molar-refractivity contribution is -0.160. The van der Waals surface area contributed by atoms with E-state index in [1.54, 1.807) is 31.2 Å². The molecule has 2 atom stereocenters. The number of hydrogen-bond donors (Lipinski definition) is 0. The molecule has 5 nitrogen and oxygen atoms in total. The number of carbonyl (C=O) groups is 3. The molecule has 0 spiro atoms. The van der Waals surface area contributed by atoms with Crippen LogP contribution in [0.2, 0.25) is 5.02 Å². The van der Waals surface area contributed by atoms with Crippen molar-refractivity contribution in [3.8, 4) is 0 Å². The molecule has 0 aliphatic rings. The molecule has 2 rings (SSSR count). The van der Waals surface area contributed by atoms with Crippen LogP contribution in [0, 0.1) is 17.7 Å². The Morgan fingerprint density at radius 3 is 1.86 bits per heavy atom. The first kappa shape index (κ1) is 21.6. The highest BCUT2D eigenvalue weighted by Crippen LogP contribution is 2.36. The number of rotatable bonds is 7. The molecule has 2 aromatic carbocycles. The summed E-state index contributed by atoms with van der Waals surface area (Å²) in [6.45, 7) is 1.60. The van der Waals surface area contributed by atoms with Crippen LogP contribution >= 0.6 is 11.6 Å². The zero-order chi connectivity index (χ0) is 20.8. The third-order valence-electron chi connectivity index (χ3n) is 4.61. The molecule has 0 N–H and O–H groups in total. The van der Waals surface area contributed by atoms with Crippen LogP contribution in [-0.2, 0) is 19.1 Å². The quantitative estimate of drug-likeness (QED) is 0.394. The molecular weight excluding hydrogens is 387 g/mol. The Hall–Kier alpha value is -2.73. The monoisotopic (exact) mass is 406 g/mol. The lowest BCUT2D eigenvalue weighted by Gasteiger charge is -2.28. The summed E-state index contributed by atoms with van der Waals surface area (Å²) in [6.07, 6.45) is 0. The first-order valence-corrected chi connectivity index (χ1v) is 8.88. The minimum absolute atomic E-state index is 0.265. The molecule has 0 saturated carbocycles. The summed E-state index contributed by atoms with van der Waals surface area (Å²) in [4.78, 5) is 37.8. The van der Waals surface area contributed by atoms with Gasteiger partial charge in [-0.15, -0.1) is 0 Å². The van der Waals surface area contributed by atoms with Crippen LogP contribution < -0.4 is 0 Å². The number of methoxy groups -OCH3 is 2. The summed E-state index contributed by atoms with van der Waals surface area (Å²) in [5.74, 6) is -5.48. The van der Waals surface area contributed by atoms with Gasteiger partial charge in [-0.25, -0.2) is 4.39 Å². The highest BCUT2D eigenvalue weighted by Gasteiger charge is 2.43. The number of esters is 2. The van der Waals surface area contributed by atoms with Crippen molar-refractivity contribution >= 4 is 29.3 Å². The van der Waals surface area contributed by atoms with Gasteiger partial charge in [-0.3, -0.25) is 14.4 Å². The van der Waals surface area contributed by atoms with Crippen LogP contribution in [0.5, 0.6) is 0 Å². The van der Waals surface area contributed by atoms with Crippen molar-refractivity contribution in [3.05, 3.63) is 70.5 Å². The summed E-state index contributed by atoms with van der Waals surface area (Å²) in [6, 6.07) is 11.6. The molecule has 0 aliphatic heterocycles. The maximum Gasteiger partial charge on any atom is 0.320 e. The van der Waals surface area contributed by atoms with Gasteiger partial charge < -0.3 is 9.47 Å². The summed E-state index contributed by atoms with van der Waals surface area (Å²) in [5.41, 5.74) is 0.814. The van der Waals surface area contributed by atoms with E-state index in [1.807, 2.05) is 0 Å². The predicted molar refractivity (Wildman–Crippen MR) is 102 cm³/mol. The first-order chi connectivity index (χ1) is 13.3. The Morgan fingerprint density at radius 1 is 0.893 bits per heavy atom. The Balaban J connectivity index is 2.53. The highest BCUT2D eigenvalue weighted by atomic mass is 35.5. The lowest BCUT2D eigenvalue weighted by atomic mass is 9.74. The number of carbonyl (C=O) groups excluding carboxylic acids is 3. The number of hydrogen-bond acceptors (Lipinski definition) is 5. The molecular formula is C21H20ClFO5. The molecule has 0 radical (unpaired) electrons. The van der Waals surface area contributed by atoms with Crippen molar-refractivity contribution in [3.63, 3.8) is 0 Å². The van der Waals surface area contributed by atoms with Gasteiger partial charge in [0.1, 0.15) is 5.82 Å². The van der Waals surface area contributed by atoms with E-state index in [2.05, 4.69) is 0 Å². The van der Waals surface area contributed by atoms with Gasteiger partial charge in [0.05, 0.1) is 14.2 Å². The maximum atomic E-state index is 13.2. The van der Waals surface area contributed by atoms with Gasteiger partial charge >= 0.3 is 11.9 Å². The Morgan fingerprint density at radius 2 is 1.39 bits per heavy atom. The van der Waals surface area contributed by atoms with Gasteiger partial charge in [0.25, 0.3) is 0 Å². The molecule has 2 aromatic rings. The van der Waals surface area contributed by atoms with E-state index < -0.39 is 35.5 Å². The summed E-state index contributed by atoms with van der Waals surface area (Å²) in [5, 5.41) is 0.465. The smallest absolute Gasteiger partial charge is 0.320 e. The van der Waals surface area contributed by atoms with Crippen molar-refractivity contribution in [2.24, 2.45) is 11.8 Å². The van der Waals surface area contributed by atoms with Crippen molar-refractivity contribution in [2.45, 2.75) is 12.8 Å². The fourth-order valence-corrected chi connectivity index (χ4v) is 3.26. The Kier molecular flexibility index (Phi) is 7.29. The molecule has 0 unspecified atom stereocenters. The van der Waals surface area contributed by atoms with Crippen molar-refractivity contribution < 1.29 is 28.2 Å². The molecule has 7 heteroatoms. The third-order valence-corrected chi connectivity index (χ3v) is 4.86. The Bertz CT molecular complexity index is 832. The van der Waals surface area contributed by atoms with Crippen molar-refractivity contribution in [1.82, 2.24) is 0 Å². The second-order valence-electron chi connectivity index (χ2n) is 6.26. The second-order valence-corrected chi connectivity index (χ2v) is 6.70. The lowest BCUT2D eigenvalue weighted by Crippen LogP contribution is -2.37. The number of ether oxygens (including phenoxy) is 2. The molecule has 0 bridgehead atoms. The van der Waals surface area contributed by atoms with E-state index in [0.717, 1.165) is 14.2 Å². The minimum atomic E-state index is -1.35. The van der Waals surface area contributed by atoms with Gasteiger partial charge in [-0.2, -0.15) is 0 Å². The van der Waals surface area contributed by atoms with Crippen molar-refractivity contribution in [2.75, 3.05) is 14.2 Å². The molecule has 0 aromatic heterocycles. The predicted octanol–water partition coefficient (Wildman–Crippen LogP) is 4.04. The highest BCUT2D eigenvalue weighted by molar-refractivity contribution is 6.30. The number of halogens is 2. The van der Waals surface area contributed by atoms with Crippen LogP contribution in [0.4, 0.5) is 4.39 Å². The zero-order valence-corrected chi connectivity index (χ0v) is 16.4. The van der Waals surface area contributed by atoms with Gasteiger partial charge in [0, 0.05) is 22.4 Å². The average molecular weight is 407 g/mol. The summed E-state index contributed by atoms with van der Waals surface area (Å²) < 4.78 is 22.8.